The van der Waals surface area contributed by atoms with Gasteiger partial charge in [-0.1, -0.05) is 24.3 Å². The van der Waals surface area contributed by atoms with Crippen molar-refractivity contribution in [2.24, 2.45) is 0 Å². The number of hydrogen-bond donors (Lipinski definition) is 3. The van der Waals surface area contributed by atoms with Crippen LogP contribution in [0.5, 0.6) is 5.75 Å². The molecule has 0 radical (unpaired) electrons. The van der Waals surface area contributed by atoms with Gasteiger partial charge in [0, 0.05) is 28.8 Å². The van der Waals surface area contributed by atoms with Crippen LogP contribution in [0.2, 0.25) is 0 Å². The lowest BCUT2D eigenvalue weighted by atomic mass is 10.0. The van der Waals surface area contributed by atoms with Crippen molar-refractivity contribution in [1.29, 1.82) is 0 Å². The van der Waals surface area contributed by atoms with E-state index in [0.29, 0.717) is 40.1 Å². The van der Waals surface area contributed by atoms with Gasteiger partial charge in [-0.2, -0.15) is 0 Å². The summed E-state index contributed by atoms with van der Waals surface area (Å²) in [5.74, 6) is 0.931. The Morgan fingerprint density at radius 1 is 0.864 bits per heavy atom. The number of nitrogens with zero attached hydrogens (tertiary/aromatic N) is 4. The molecule has 2 amide bonds. The molecule has 5 aromatic rings. The first-order valence-corrected chi connectivity index (χ1v) is 15.1. The van der Waals surface area contributed by atoms with Crippen molar-refractivity contribution < 1.29 is 14.3 Å². The second-order valence-corrected chi connectivity index (χ2v) is 11.7. The molecule has 1 aliphatic carbocycles. The van der Waals surface area contributed by atoms with Gasteiger partial charge in [0.1, 0.15) is 5.75 Å². The molecule has 3 aromatic carbocycles. The maximum absolute atomic E-state index is 13.1. The third-order valence-electron chi connectivity index (χ3n) is 8.45. The van der Waals surface area contributed by atoms with E-state index in [1.54, 1.807) is 19.2 Å². The van der Waals surface area contributed by atoms with Crippen LogP contribution < -0.4 is 20.7 Å². The monoisotopic (exact) mass is 589 g/mol. The summed E-state index contributed by atoms with van der Waals surface area (Å²) in [7, 11) is 3.69. The number of nitrogens with one attached hydrogen (secondary N) is 3. The van der Waals surface area contributed by atoms with Crippen LogP contribution in [0.15, 0.2) is 72.9 Å². The average Bonchev–Trinajstić information content (AvgIpc) is 3.75. The molecule has 44 heavy (non-hydrogen) atoms. The Hall–Kier alpha value is -4.96. The number of benzene rings is 3. The average molecular weight is 590 g/mol. The Kier molecular flexibility index (Phi) is 7.35. The third-order valence-corrected chi connectivity index (χ3v) is 8.45. The standard InChI is InChI=1S/C34H35N7O3/c1-40-17-15-25(16-18-40)37-34(43)23-11-14-27(30(19-23)44-2)39-31-32-35-20-29(41(32)28-6-4-3-5-26(28)38-31)21-7-9-22(10-8-21)33(42)36-24-12-13-24/h3-11,14,19-20,24-25H,12-13,15-18H2,1-2H3,(H,36,42)(H,37,43)(H,38,39). The highest BCUT2D eigenvalue weighted by atomic mass is 16.5. The van der Waals surface area contributed by atoms with Crippen molar-refractivity contribution in [3.8, 4) is 17.0 Å². The molecule has 0 unspecified atom stereocenters. The van der Waals surface area contributed by atoms with E-state index in [1.807, 2.05) is 60.8 Å². The lowest BCUT2D eigenvalue weighted by molar-refractivity contribution is 0.0914. The number of rotatable bonds is 8. The van der Waals surface area contributed by atoms with Gasteiger partial charge >= 0.3 is 0 Å². The quantitative estimate of drug-likeness (QED) is 0.233. The Morgan fingerprint density at radius 2 is 1.55 bits per heavy atom. The Balaban J connectivity index is 1.19. The summed E-state index contributed by atoms with van der Waals surface area (Å²) >= 11 is 0. The van der Waals surface area contributed by atoms with E-state index < -0.39 is 0 Å². The summed E-state index contributed by atoms with van der Waals surface area (Å²) in [4.78, 5) is 37.5. The van der Waals surface area contributed by atoms with Crippen molar-refractivity contribution in [1.82, 2.24) is 29.9 Å². The zero-order valence-corrected chi connectivity index (χ0v) is 24.8. The normalized spacial score (nSPS) is 15.8. The summed E-state index contributed by atoms with van der Waals surface area (Å²) in [6, 6.07) is 21.4. The minimum absolute atomic E-state index is 0.0439. The van der Waals surface area contributed by atoms with Crippen LogP contribution in [0, 0.1) is 0 Å². The highest BCUT2D eigenvalue weighted by molar-refractivity contribution is 5.96. The minimum atomic E-state index is -0.107. The lowest BCUT2D eigenvalue weighted by Gasteiger charge is -2.29. The van der Waals surface area contributed by atoms with Crippen LogP contribution in [-0.2, 0) is 0 Å². The molecule has 10 heteroatoms. The molecule has 2 aliphatic rings. The van der Waals surface area contributed by atoms with Crippen LogP contribution >= 0.6 is 0 Å². The Bertz CT molecular complexity index is 1850. The number of fused-ring (bicyclic) bond motifs is 3. The number of hydrogen-bond acceptors (Lipinski definition) is 7. The van der Waals surface area contributed by atoms with Crippen molar-refractivity contribution >= 4 is 40.0 Å². The second kappa shape index (κ2) is 11.6. The number of methoxy groups -OCH3 is 1. The predicted molar refractivity (Wildman–Crippen MR) is 171 cm³/mol. The van der Waals surface area contributed by atoms with Gasteiger partial charge < -0.3 is 25.6 Å². The molecule has 1 saturated carbocycles. The van der Waals surface area contributed by atoms with Gasteiger partial charge in [0.25, 0.3) is 11.8 Å². The maximum Gasteiger partial charge on any atom is 0.251 e. The van der Waals surface area contributed by atoms with Gasteiger partial charge in [0.2, 0.25) is 0 Å². The summed E-state index contributed by atoms with van der Waals surface area (Å²) in [6.07, 6.45) is 5.80. The topological polar surface area (TPSA) is 113 Å². The molecule has 1 aliphatic heterocycles. The van der Waals surface area contributed by atoms with Crippen LogP contribution in [0.25, 0.3) is 27.9 Å². The fourth-order valence-electron chi connectivity index (χ4n) is 5.74. The SMILES string of the molecule is COc1cc(C(=O)NC2CCN(C)CC2)ccc1Nc1nc2ccccc2n2c(-c3ccc(C(=O)NC4CC4)cc3)cnc12. The number of carbonyl (C=O) groups excluding carboxylic acids is 2. The fraction of sp³-hybridized carbons (Fsp3) is 0.294. The van der Waals surface area contributed by atoms with Gasteiger partial charge in [-0.3, -0.25) is 14.0 Å². The van der Waals surface area contributed by atoms with E-state index in [2.05, 4.69) is 32.3 Å². The van der Waals surface area contributed by atoms with Crippen molar-refractivity contribution in [2.45, 2.75) is 37.8 Å². The molecule has 3 heterocycles. The number of para-hydroxylation sites is 2. The zero-order valence-electron chi connectivity index (χ0n) is 24.8. The number of amides is 2. The molecule has 3 N–H and O–H groups in total. The Labute approximate surface area is 255 Å². The van der Waals surface area contributed by atoms with Crippen molar-refractivity contribution in [3.05, 3.63) is 84.1 Å². The number of piperidine rings is 1. The van der Waals surface area contributed by atoms with Gasteiger partial charge in [0.05, 0.1) is 35.7 Å². The molecule has 10 nitrogen and oxygen atoms in total. The van der Waals surface area contributed by atoms with E-state index in [4.69, 9.17) is 14.7 Å². The number of anilines is 2. The first kappa shape index (κ1) is 27.8. The van der Waals surface area contributed by atoms with Crippen LogP contribution in [0.1, 0.15) is 46.4 Å². The fourth-order valence-corrected chi connectivity index (χ4v) is 5.74. The van der Waals surface area contributed by atoms with E-state index in [-0.39, 0.29) is 17.9 Å². The highest BCUT2D eigenvalue weighted by Gasteiger charge is 2.24. The molecule has 1 saturated heterocycles. The molecule has 224 valence electrons. The van der Waals surface area contributed by atoms with Crippen LogP contribution in [0.4, 0.5) is 11.5 Å². The maximum atomic E-state index is 13.1. The minimum Gasteiger partial charge on any atom is -0.495 e. The Morgan fingerprint density at radius 3 is 2.27 bits per heavy atom. The summed E-state index contributed by atoms with van der Waals surface area (Å²) in [6.45, 7) is 1.95. The van der Waals surface area contributed by atoms with Gasteiger partial charge in [-0.15, -0.1) is 0 Å². The van der Waals surface area contributed by atoms with E-state index in [0.717, 1.165) is 61.1 Å². The number of carbonyl (C=O) groups is 2. The lowest BCUT2D eigenvalue weighted by Crippen LogP contribution is -2.43. The number of aromatic nitrogens is 3. The van der Waals surface area contributed by atoms with E-state index in [1.165, 1.54) is 0 Å². The summed E-state index contributed by atoms with van der Waals surface area (Å²) < 4.78 is 7.78. The number of ether oxygens (including phenoxy) is 1. The largest absolute Gasteiger partial charge is 0.495 e. The number of imidazole rings is 1. The van der Waals surface area contributed by atoms with Gasteiger partial charge in [-0.05, 0) is 88.3 Å². The molecule has 0 bridgehead atoms. The first-order chi connectivity index (χ1) is 21.5. The second-order valence-electron chi connectivity index (χ2n) is 11.7. The van der Waals surface area contributed by atoms with Gasteiger partial charge in [-0.25, -0.2) is 9.97 Å². The number of likely N-dealkylation sites (tertiary alicyclic amines) is 1. The van der Waals surface area contributed by atoms with E-state index >= 15 is 0 Å². The molecule has 2 aromatic heterocycles. The highest BCUT2D eigenvalue weighted by Crippen LogP contribution is 2.33. The molecular weight excluding hydrogens is 554 g/mol. The predicted octanol–water partition coefficient (Wildman–Crippen LogP) is 5.02. The summed E-state index contributed by atoms with van der Waals surface area (Å²) in [5, 5.41) is 9.62. The van der Waals surface area contributed by atoms with Crippen molar-refractivity contribution in [2.75, 3.05) is 32.6 Å². The molecular formula is C34H35N7O3. The molecule has 0 atom stereocenters. The van der Waals surface area contributed by atoms with Gasteiger partial charge in [0.15, 0.2) is 11.5 Å². The van der Waals surface area contributed by atoms with Crippen LogP contribution in [0.3, 0.4) is 0 Å². The zero-order chi connectivity index (χ0) is 30.2. The summed E-state index contributed by atoms with van der Waals surface area (Å²) in [5.41, 5.74) is 5.99. The van der Waals surface area contributed by atoms with Crippen LogP contribution in [-0.4, -0.2) is 70.4 Å². The smallest absolute Gasteiger partial charge is 0.251 e. The molecule has 0 spiro atoms. The first-order valence-electron chi connectivity index (χ1n) is 15.1. The van der Waals surface area contributed by atoms with Crippen molar-refractivity contribution in [3.63, 3.8) is 0 Å². The third kappa shape index (κ3) is 5.56. The van der Waals surface area contributed by atoms with E-state index in [9.17, 15) is 9.59 Å². The molecule has 2 fully saturated rings. The molecule has 7 rings (SSSR count).